The summed E-state index contributed by atoms with van der Waals surface area (Å²) in [4.78, 5) is 31.4. The Morgan fingerprint density at radius 1 is 1.09 bits per heavy atom. The molecule has 0 N–H and O–H groups in total. The standard InChI is InChI=1S/C24H18F4N4O3/c25-18-11-14(32-9-4-19(30-32)24(26,27)28)1-2-17(18)22(5-6-22)21(34)31-10-7-23(13-31)16-3-8-29-12-15(16)20(33)35-23/h1-4,8-9,11-12H,5-7,10,13H2/t23-/m0/s1. The molecule has 1 saturated heterocycles. The van der Waals surface area contributed by atoms with Gasteiger partial charge in [0.2, 0.25) is 5.91 Å². The first-order valence-electron chi connectivity index (χ1n) is 11.0. The second-order valence-electron chi connectivity index (χ2n) is 9.17. The van der Waals surface area contributed by atoms with Gasteiger partial charge in [-0.25, -0.2) is 13.9 Å². The molecule has 2 fully saturated rings. The second kappa shape index (κ2) is 7.12. The molecule has 3 aromatic rings. The van der Waals surface area contributed by atoms with E-state index in [1.54, 1.807) is 17.2 Å². The van der Waals surface area contributed by atoms with Crippen molar-refractivity contribution < 1.29 is 31.9 Å². The average Bonchev–Trinajstić information content (AvgIpc) is 3.18. The number of esters is 1. The number of rotatable bonds is 3. The first-order valence-corrected chi connectivity index (χ1v) is 11.0. The number of hydrogen-bond donors (Lipinski definition) is 0. The van der Waals surface area contributed by atoms with Crippen molar-refractivity contribution in [1.29, 1.82) is 0 Å². The number of nitrogens with zero attached hydrogens (tertiary/aromatic N) is 4. The molecule has 2 aliphatic heterocycles. The molecular weight excluding hydrogens is 468 g/mol. The van der Waals surface area contributed by atoms with Crippen LogP contribution in [0, 0.1) is 5.82 Å². The quantitative estimate of drug-likeness (QED) is 0.416. The van der Waals surface area contributed by atoms with Gasteiger partial charge in [-0.3, -0.25) is 9.78 Å². The number of carbonyl (C=O) groups excluding carboxylic acids is 2. The van der Waals surface area contributed by atoms with E-state index in [2.05, 4.69) is 10.1 Å². The zero-order valence-electron chi connectivity index (χ0n) is 18.2. The minimum Gasteiger partial charge on any atom is -0.449 e. The number of aromatic nitrogens is 3. The fourth-order valence-electron chi connectivity index (χ4n) is 5.18. The molecule has 1 saturated carbocycles. The second-order valence-corrected chi connectivity index (χ2v) is 9.17. The van der Waals surface area contributed by atoms with Crippen molar-refractivity contribution in [3.63, 3.8) is 0 Å². The number of hydrogen-bond acceptors (Lipinski definition) is 5. The van der Waals surface area contributed by atoms with E-state index in [1.165, 1.54) is 18.3 Å². The van der Waals surface area contributed by atoms with Gasteiger partial charge >= 0.3 is 12.1 Å². The monoisotopic (exact) mass is 486 g/mol. The van der Waals surface area contributed by atoms with Crippen molar-refractivity contribution in [2.24, 2.45) is 0 Å². The van der Waals surface area contributed by atoms with Gasteiger partial charge < -0.3 is 9.64 Å². The Morgan fingerprint density at radius 2 is 1.89 bits per heavy atom. The maximum absolute atomic E-state index is 15.2. The highest BCUT2D eigenvalue weighted by atomic mass is 19.4. The molecule has 1 aliphatic carbocycles. The van der Waals surface area contributed by atoms with Crippen LogP contribution < -0.4 is 0 Å². The number of likely N-dealkylation sites (tertiary alicyclic amines) is 1. The molecule has 0 bridgehead atoms. The van der Waals surface area contributed by atoms with Crippen LogP contribution in [0.25, 0.3) is 5.69 Å². The van der Waals surface area contributed by atoms with Crippen LogP contribution in [0.1, 0.15) is 46.4 Å². The van der Waals surface area contributed by atoms with Crippen LogP contribution in [-0.2, 0) is 26.7 Å². The maximum atomic E-state index is 15.2. The fraction of sp³-hybridized carbons (Fsp3) is 0.333. The van der Waals surface area contributed by atoms with Crippen molar-refractivity contribution >= 4 is 11.9 Å². The number of benzene rings is 1. The lowest BCUT2D eigenvalue weighted by atomic mass is 9.92. The lowest BCUT2D eigenvalue weighted by molar-refractivity contribution is -0.141. The summed E-state index contributed by atoms with van der Waals surface area (Å²) < 4.78 is 60.4. The molecule has 1 atom stereocenters. The molecular formula is C24H18F4N4O3. The van der Waals surface area contributed by atoms with Crippen molar-refractivity contribution in [3.8, 4) is 5.69 Å². The van der Waals surface area contributed by atoms with Crippen LogP contribution in [0.15, 0.2) is 48.9 Å². The van der Waals surface area contributed by atoms with E-state index in [0.29, 0.717) is 36.9 Å². The highest BCUT2D eigenvalue weighted by Gasteiger charge is 2.58. The largest absolute Gasteiger partial charge is 0.449 e. The fourth-order valence-corrected chi connectivity index (χ4v) is 5.18. The molecule has 0 radical (unpaired) electrons. The molecule has 0 unspecified atom stereocenters. The third-order valence-electron chi connectivity index (χ3n) is 7.11. The van der Waals surface area contributed by atoms with Crippen LogP contribution >= 0.6 is 0 Å². The van der Waals surface area contributed by atoms with E-state index in [0.717, 1.165) is 23.0 Å². The summed E-state index contributed by atoms with van der Waals surface area (Å²) in [6, 6.07) is 6.51. The van der Waals surface area contributed by atoms with Gasteiger partial charge in [0.1, 0.15) is 5.82 Å². The summed E-state index contributed by atoms with van der Waals surface area (Å²) in [7, 11) is 0. The lowest BCUT2D eigenvalue weighted by Gasteiger charge is -2.27. The van der Waals surface area contributed by atoms with Crippen LogP contribution in [0.3, 0.4) is 0 Å². The molecule has 35 heavy (non-hydrogen) atoms. The Morgan fingerprint density at radius 3 is 2.57 bits per heavy atom. The highest BCUT2D eigenvalue weighted by Crippen LogP contribution is 2.52. The van der Waals surface area contributed by atoms with Crippen LogP contribution in [0.4, 0.5) is 17.6 Å². The third-order valence-corrected chi connectivity index (χ3v) is 7.11. The average molecular weight is 486 g/mol. The molecule has 3 aliphatic rings. The summed E-state index contributed by atoms with van der Waals surface area (Å²) in [5.41, 5.74) is -1.65. The Hall–Kier alpha value is -3.76. The Kier molecular flexibility index (Phi) is 4.43. The van der Waals surface area contributed by atoms with E-state index < -0.39 is 34.7 Å². The van der Waals surface area contributed by atoms with Gasteiger partial charge in [-0.2, -0.15) is 18.3 Å². The van der Waals surface area contributed by atoms with Gasteiger partial charge in [-0.1, -0.05) is 6.07 Å². The van der Waals surface area contributed by atoms with Crippen LogP contribution in [0.5, 0.6) is 0 Å². The third kappa shape index (κ3) is 3.24. The zero-order chi connectivity index (χ0) is 24.6. The Labute approximate surface area is 196 Å². The molecule has 4 heterocycles. The predicted octanol–water partition coefficient (Wildman–Crippen LogP) is 3.76. The number of ether oxygens (including phenoxy) is 1. The van der Waals surface area contributed by atoms with Crippen LogP contribution in [-0.4, -0.2) is 44.6 Å². The molecule has 7 nitrogen and oxygen atoms in total. The number of halogens is 4. The lowest BCUT2D eigenvalue weighted by Crippen LogP contribution is -2.40. The number of pyridine rings is 1. The number of carbonyl (C=O) groups is 2. The van der Waals surface area contributed by atoms with Crippen molar-refractivity contribution in [1.82, 2.24) is 19.7 Å². The Bertz CT molecular complexity index is 1380. The molecule has 6 rings (SSSR count). The molecule has 1 aromatic carbocycles. The summed E-state index contributed by atoms with van der Waals surface area (Å²) in [6.07, 6.45) is 0.857. The van der Waals surface area contributed by atoms with Gasteiger partial charge in [-0.15, -0.1) is 0 Å². The summed E-state index contributed by atoms with van der Waals surface area (Å²) in [6.45, 7) is 0.520. The minimum atomic E-state index is -4.61. The van der Waals surface area contributed by atoms with Crippen molar-refractivity contribution in [2.45, 2.75) is 36.5 Å². The molecule has 180 valence electrons. The highest BCUT2D eigenvalue weighted by molar-refractivity contribution is 5.95. The number of fused-ring (bicyclic) bond motifs is 2. The van der Waals surface area contributed by atoms with Gasteiger partial charge in [-0.05, 0) is 37.1 Å². The zero-order valence-corrected chi connectivity index (χ0v) is 18.2. The smallest absolute Gasteiger partial charge is 0.435 e. The molecule has 2 aromatic heterocycles. The van der Waals surface area contributed by atoms with Crippen molar-refractivity contribution in [3.05, 3.63) is 77.1 Å². The minimum absolute atomic E-state index is 0.119. The van der Waals surface area contributed by atoms with Gasteiger partial charge in [0.05, 0.1) is 23.2 Å². The number of amides is 1. The first kappa shape index (κ1) is 21.8. The summed E-state index contributed by atoms with van der Waals surface area (Å²) in [5.74, 6) is -1.41. The van der Waals surface area contributed by atoms with Gasteiger partial charge in [0.15, 0.2) is 11.3 Å². The van der Waals surface area contributed by atoms with E-state index in [9.17, 15) is 22.8 Å². The topological polar surface area (TPSA) is 77.3 Å². The molecule has 11 heteroatoms. The van der Waals surface area contributed by atoms with E-state index in [-0.39, 0.29) is 23.7 Å². The van der Waals surface area contributed by atoms with E-state index >= 15 is 4.39 Å². The maximum Gasteiger partial charge on any atom is 0.435 e. The molecule has 1 amide bonds. The predicted molar refractivity (Wildman–Crippen MR) is 112 cm³/mol. The normalized spacial score (nSPS) is 22.4. The summed E-state index contributed by atoms with van der Waals surface area (Å²) in [5, 5.41) is 3.47. The van der Waals surface area contributed by atoms with Gasteiger partial charge in [0, 0.05) is 42.7 Å². The number of alkyl halides is 3. The van der Waals surface area contributed by atoms with Crippen molar-refractivity contribution in [2.75, 3.05) is 13.1 Å². The van der Waals surface area contributed by atoms with Gasteiger partial charge in [0.25, 0.3) is 0 Å². The summed E-state index contributed by atoms with van der Waals surface area (Å²) >= 11 is 0. The van der Waals surface area contributed by atoms with Crippen LogP contribution in [0.2, 0.25) is 0 Å². The van der Waals surface area contributed by atoms with E-state index in [1.807, 2.05) is 0 Å². The molecule has 1 spiro atoms. The Balaban J connectivity index is 1.25. The SMILES string of the molecule is O=C1O[C@]2(CCN(C(=O)C3(c4ccc(-n5ccc(C(F)(F)F)n5)cc4F)CC3)C2)c2ccncc21. The van der Waals surface area contributed by atoms with E-state index in [4.69, 9.17) is 4.74 Å². The first-order chi connectivity index (χ1) is 16.6.